The molecule has 0 heterocycles. The molecule has 2 aliphatic carbocycles. The number of carboxylic acid groups (broad SMARTS) is 1. The molecule has 2 aromatic carbocycles. The highest BCUT2D eigenvalue weighted by molar-refractivity contribution is 7.92. The predicted octanol–water partition coefficient (Wildman–Crippen LogP) is 5.00. The van der Waals surface area contributed by atoms with E-state index in [1.807, 2.05) is 0 Å². The fourth-order valence-electron chi connectivity index (χ4n) is 5.55. The van der Waals surface area contributed by atoms with Crippen LogP contribution in [0.5, 0.6) is 0 Å². The van der Waals surface area contributed by atoms with Gasteiger partial charge >= 0.3 is 11.9 Å². The second-order valence-corrected chi connectivity index (χ2v) is 14.7. The van der Waals surface area contributed by atoms with E-state index in [-0.39, 0.29) is 22.2 Å². The first-order valence-electron chi connectivity index (χ1n) is 12.4. The number of rotatable bonds is 6. The van der Waals surface area contributed by atoms with Crippen molar-refractivity contribution in [3.63, 3.8) is 0 Å². The first kappa shape index (κ1) is 33.6. The van der Waals surface area contributed by atoms with Crippen LogP contribution in [0.3, 0.4) is 0 Å². The van der Waals surface area contributed by atoms with Crippen molar-refractivity contribution in [3.8, 4) is 0 Å². The van der Waals surface area contributed by atoms with Gasteiger partial charge in [-0.25, -0.2) is 25.6 Å². The summed E-state index contributed by atoms with van der Waals surface area (Å²) in [5.74, 6) is -2.62. The van der Waals surface area contributed by atoms with Crippen LogP contribution in [0.2, 0.25) is 0 Å². The number of hydrogen-bond donors (Lipinski definition) is 1. The Hall–Kier alpha value is -2.57. The van der Waals surface area contributed by atoms with Gasteiger partial charge in [-0.1, -0.05) is 12.8 Å². The normalized spacial score (nSPS) is 26.2. The summed E-state index contributed by atoms with van der Waals surface area (Å²) in [4.78, 5) is 23.3. The number of aliphatic carboxylic acids is 1. The molecule has 4 atom stereocenters. The number of carbonyl (C=O) groups is 2. The molecule has 2 saturated carbocycles. The number of ether oxygens (including phenoxy) is 1. The molecule has 2 aromatic rings. The van der Waals surface area contributed by atoms with Gasteiger partial charge in [-0.2, -0.15) is 0 Å². The molecule has 0 bridgehead atoms. The van der Waals surface area contributed by atoms with Crippen molar-refractivity contribution in [1.29, 1.82) is 0 Å². The molecule has 0 radical (unpaired) electrons. The van der Waals surface area contributed by atoms with Crippen LogP contribution in [-0.4, -0.2) is 51.5 Å². The average Bonchev–Trinajstić information content (AvgIpc) is 3.49. The van der Waals surface area contributed by atoms with Gasteiger partial charge in [-0.15, -0.1) is 12.4 Å². The molecule has 4 unspecified atom stereocenters. The van der Waals surface area contributed by atoms with Crippen molar-refractivity contribution in [2.45, 2.75) is 72.7 Å². The molecular weight excluding hydrogens is 590 g/mol. The lowest BCUT2D eigenvalue weighted by Gasteiger charge is -2.28. The van der Waals surface area contributed by atoms with Crippen LogP contribution in [0.25, 0.3) is 0 Å². The molecule has 40 heavy (non-hydrogen) atoms. The van der Waals surface area contributed by atoms with Crippen LogP contribution in [0.15, 0.2) is 58.3 Å². The van der Waals surface area contributed by atoms with Crippen LogP contribution >= 0.6 is 12.4 Å². The standard InChI is InChI=1S/C14H17FO4S.C13H15FO4S.ClH/c1-14(13(16)19-2)9-3-4-12(14)20(17,18)11-7-5-10(15)6-8-11;1-13(12(15)16)8-2-3-11(13)19(17,18)10-6-4-9(14)5-7-10;/h5-8,12H,3-4,9H2,1-2H3;4-7,11H,2-3,8H2,1H3,(H,15,16);1H. The van der Waals surface area contributed by atoms with E-state index in [2.05, 4.69) is 0 Å². The fraction of sp³-hybridized carbons (Fsp3) is 0.481. The molecule has 0 aliphatic heterocycles. The minimum Gasteiger partial charge on any atom is -0.481 e. The summed E-state index contributed by atoms with van der Waals surface area (Å²) in [5.41, 5.74) is -2.31. The summed E-state index contributed by atoms with van der Waals surface area (Å²) in [6.45, 7) is 3.09. The Morgan fingerprint density at radius 2 is 1.12 bits per heavy atom. The first-order valence-corrected chi connectivity index (χ1v) is 15.5. The van der Waals surface area contributed by atoms with E-state index in [1.165, 1.54) is 38.3 Å². The number of sulfone groups is 2. The van der Waals surface area contributed by atoms with Gasteiger partial charge in [0.05, 0.1) is 38.2 Å². The summed E-state index contributed by atoms with van der Waals surface area (Å²) in [6.07, 6.45) is 2.76. The summed E-state index contributed by atoms with van der Waals surface area (Å²) in [6, 6.07) is 9.20. The SMILES string of the molecule is CC1(C(=O)O)CCCC1S(=O)(=O)c1ccc(F)cc1.COC(=O)C1(C)CCCC1S(=O)(=O)c1ccc(F)cc1.Cl. The Balaban J connectivity index is 0.000000274. The highest BCUT2D eigenvalue weighted by atomic mass is 35.5. The quantitative estimate of drug-likeness (QED) is 0.352. The predicted molar refractivity (Wildman–Crippen MR) is 146 cm³/mol. The fourth-order valence-corrected chi connectivity index (χ4v) is 10.00. The number of benzene rings is 2. The van der Waals surface area contributed by atoms with Gasteiger partial charge in [0.1, 0.15) is 11.6 Å². The van der Waals surface area contributed by atoms with Crippen molar-refractivity contribution in [1.82, 2.24) is 0 Å². The van der Waals surface area contributed by atoms with Crippen LogP contribution in [0.4, 0.5) is 8.78 Å². The minimum absolute atomic E-state index is 0. The van der Waals surface area contributed by atoms with Gasteiger partial charge in [-0.3, -0.25) is 9.59 Å². The van der Waals surface area contributed by atoms with E-state index in [4.69, 9.17) is 4.74 Å². The summed E-state index contributed by atoms with van der Waals surface area (Å²) < 4.78 is 80.8. The van der Waals surface area contributed by atoms with Crippen LogP contribution in [0.1, 0.15) is 52.4 Å². The zero-order chi connectivity index (χ0) is 29.2. The number of esters is 1. The van der Waals surface area contributed by atoms with Crippen molar-refractivity contribution >= 4 is 44.0 Å². The maximum Gasteiger partial charge on any atom is 0.312 e. The van der Waals surface area contributed by atoms with E-state index in [0.717, 1.165) is 24.3 Å². The van der Waals surface area contributed by atoms with E-state index >= 15 is 0 Å². The lowest BCUT2D eigenvalue weighted by Crippen LogP contribution is -2.41. The lowest BCUT2D eigenvalue weighted by atomic mass is 9.89. The van der Waals surface area contributed by atoms with Crippen LogP contribution < -0.4 is 0 Å². The van der Waals surface area contributed by atoms with Crippen molar-refractivity contribution in [3.05, 3.63) is 60.2 Å². The van der Waals surface area contributed by atoms with Crippen LogP contribution in [-0.2, 0) is 34.0 Å². The Bertz CT molecular complexity index is 1430. The molecule has 2 fully saturated rings. The third-order valence-corrected chi connectivity index (χ3v) is 12.8. The molecule has 0 amide bonds. The second-order valence-electron chi connectivity index (χ2n) is 10.4. The smallest absolute Gasteiger partial charge is 0.312 e. The summed E-state index contributed by atoms with van der Waals surface area (Å²) in [7, 11) is -6.18. The molecule has 2 aliphatic rings. The molecule has 222 valence electrons. The van der Waals surface area contributed by atoms with Crippen LogP contribution in [0, 0.1) is 22.5 Å². The van der Waals surface area contributed by atoms with Gasteiger partial charge in [-0.05, 0) is 88.1 Å². The van der Waals surface area contributed by atoms with E-state index in [9.17, 15) is 40.3 Å². The molecule has 4 rings (SSSR count). The van der Waals surface area contributed by atoms with E-state index < -0.39 is 64.6 Å². The maximum atomic E-state index is 12.9. The number of carboxylic acids is 1. The van der Waals surface area contributed by atoms with Crippen molar-refractivity contribution in [2.75, 3.05) is 7.11 Å². The van der Waals surface area contributed by atoms with Gasteiger partial charge < -0.3 is 9.84 Å². The first-order chi connectivity index (χ1) is 18.1. The molecule has 13 heteroatoms. The zero-order valence-electron chi connectivity index (χ0n) is 22.3. The number of hydrogen-bond acceptors (Lipinski definition) is 7. The van der Waals surface area contributed by atoms with Crippen molar-refractivity contribution < 1.29 is 45.0 Å². The number of methoxy groups -OCH3 is 1. The molecule has 0 spiro atoms. The highest BCUT2D eigenvalue weighted by Crippen LogP contribution is 2.45. The molecule has 0 saturated heterocycles. The average molecular weight is 623 g/mol. The molecule has 8 nitrogen and oxygen atoms in total. The van der Waals surface area contributed by atoms with Gasteiger partial charge in [0.15, 0.2) is 19.7 Å². The Morgan fingerprint density at radius 3 is 1.48 bits per heavy atom. The van der Waals surface area contributed by atoms with Gasteiger partial charge in [0.25, 0.3) is 0 Å². The third-order valence-electron chi connectivity index (χ3n) is 7.92. The van der Waals surface area contributed by atoms with Gasteiger partial charge in [0.2, 0.25) is 0 Å². The highest BCUT2D eigenvalue weighted by Gasteiger charge is 2.53. The molecule has 0 aromatic heterocycles. The molecule has 1 N–H and O–H groups in total. The number of halogens is 3. The maximum absolute atomic E-state index is 12.9. The summed E-state index contributed by atoms with van der Waals surface area (Å²) in [5, 5.41) is 7.49. The summed E-state index contributed by atoms with van der Waals surface area (Å²) >= 11 is 0. The Kier molecular flexibility index (Phi) is 10.5. The topological polar surface area (TPSA) is 132 Å². The largest absolute Gasteiger partial charge is 0.481 e. The molecular formula is C27H33ClF2O8S2. The zero-order valence-corrected chi connectivity index (χ0v) is 24.8. The second kappa shape index (κ2) is 12.5. The van der Waals surface area contributed by atoms with Crippen molar-refractivity contribution in [2.24, 2.45) is 10.8 Å². The monoisotopic (exact) mass is 622 g/mol. The Labute approximate surface area is 239 Å². The Morgan fingerprint density at radius 1 is 0.775 bits per heavy atom. The van der Waals surface area contributed by atoms with E-state index in [1.54, 1.807) is 6.92 Å². The van der Waals surface area contributed by atoms with Gasteiger partial charge in [0, 0.05) is 0 Å². The minimum atomic E-state index is -3.76. The number of carbonyl (C=O) groups excluding carboxylic acids is 1. The third kappa shape index (κ3) is 6.33. The lowest BCUT2D eigenvalue weighted by molar-refractivity contribution is -0.151. The van der Waals surface area contributed by atoms with E-state index in [0.29, 0.717) is 38.5 Å².